The van der Waals surface area contributed by atoms with Crippen molar-refractivity contribution in [2.45, 2.75) is 25.8 Å². The van der Waals surface area contributed by atoms with Crippen molar-refractivity contribution < 1.29 is 9.90 Å². The molecule has 2 aromatic carbocycles. The zero-order valence-corrected chi connectivity index (χ0v) is 12.2. The summed E-state index contributed by atoms with van der Waals surface area (Å²) in [4.78, 5) is 10.8. The molecule has 0 aliphatic heterocycles. The average Bonchev–Trinajstić information content (AvgIpc) is 2.48. The molecule has 0 aromatic heterocycles. The van der Waals surface area contributed by atoms with Crippen LogP contribution in [-0.2, 0) is 11.2 Å². The first-order valence-corrected chi connectivity index (χ1v) is 7.19. The predicted molar refractivity (Wildman–Crippen MR) is 85.0 cm³/mol. The molecule has 21 heavy (non-hydrogen) atoms. The zero-order valence-electron chi connectivity index (χ0n) is 12.2. The minimum absolute atomic E-state index is 0.126. The number of benzene rings is 2. The molecule has 2 rings (SSSR count). The minimum Gasteiger partial charge on any atom is -0.481 e. The van der Waals surface area contributed by atoms with Crippen LogP contribution in [0.1, 0.15) is 18.9 Å². The van der Waals surface area contributed by atoms with E-state index in [4.69, 9.17) is 10.8 Å². The van der Waals surface area contributed by atoms with Crippen LogP contribution in [0.2, 0.25) is 0 Å². The predicted octanol–water partition coefficient (Wildman–Crippen LogP) is 3.33. The first-order valence-electron chi connectivity index (χ1n) is 7.19. The molecule has 2 atom stereocenters. The summed E-state index contributed by atoms with van der Waals surface area (Å²) in [7, 11) is 0. The van der Waals surface area contributed by atoms with Crippen LogP contribution in [0, 0.1) is 5.92 Å². The Balaban J connectivity index is 1.98. The largest absolute Gasteiger partial charge is 0.481 e. The van der Waals surface area contributed by atoms with Gasteiger partial charge in [0.1, 0.15) is 0 Å². The summed E-state index contributed by atoms with van der Waals surface area (Å²) >= 11 is 0. The first-order chi connectivity index (χ1) is 10.1. The molecule has 0 saturated heterocycles. The molecule has 0 aliphatic carbocycles. The first kappa shape index (κ1) is 15.3. The van der Waals surface area contributed by atoms with Crippen molar-refractivity contribution in [1.29, 1.82) is 0 Å². The van der Waals surface area contributed by atoms with Crippen LogP contribution in [0.25, 0.3) is 11.1 Å². The molecule has 0 bridgehead atoms. The van der Waals surface area contributed by atoms with E-state index in [0.717, 1.165) is 5.56 Å². The normalized spacial score (nSPS) is 13.6. The maximum atomic E-state index is 10.8. The van der Waals surface area contributed by atoms with Gasteiger partial charge >= 0.3 is 5.97 Å². The number of aliphatic carboxylic acids is 1. The third-order valence-electron chi connectivity index (χ3n) is 3.64. The van der Waals surface area contributed by atoms with Crippen molar-refractivity contribution >= 4 is 5.97 Å². The number of carbonyl (C=O) groups is 1. The Kier molecular flexibility index (Phi) is 5.12. The molecule has 0 spiro atoms. The quantitative estimate of drug-likeness (QED) is 0.854. The van der Waals surface area contributed by atoms with E-state index >= 15 is 0 Å². The Labute approximate surface area is 125 Å². The minimum atomic E-state index is -0.787. The summed E-state index contributed by atoms with van der Waals surface area (Å²) in [6.07, 6.45) is 1.20. The zero-order chi connectivity index (χ0) is 15.2. The van der Waals surface area contributed by atoms with Crippen LogP contribution in [-0.4, -0.2) is 17.1 Å². The number of nitrogens with two attached hydrogens (primary N) is 1. The highest BCUT2D eigenvalue weighted by Gasteiger charge is 2.15. The molecule has 0 radical (unpaired) electrons. The molecule has 0 fully saturated rings. The van der Waals surface area contributed by atoms with Crippen molar-refractivity contribution in [3.63, 3.8) is 0 Å². The standard InChI is InChI=1S/C18H21NO2/c1-13(18(20)21)11-17(19)12-14-7-9-16(10-8-14)15-5-3-2-4-6-15/h2-10,13,17H,11-12,19H2,1H3,(H,20,21)/t13-,17+/m1/s1. The molecule has 0 aliphatic rings. The van der Waals surface area contributed by atoms with Crippen LogP contribution in [0.5, 0.6) is 0 Å². The van der Waals surface area contributed by atoms with Crippen molar-refractivity contribution in [3.8, 4) is 11.1 Å². The van der Waals surface area contributed by atoms with Crippen LogP contribution in [0.4, 0.5) is 0 Å². The summed E-state index contributed by atoms with van der Waals surface area (Å²) in [6, 6.07) is 18.4. The van der Waals surface area contributed by atoms with Crippen LogP contribution < -0.4 is 5.73 Å². The van der Waals surface area contributed by atoms with Crippen molar-refractivity contribution in [2.24, 2.45) is 11.7 Å². The smallest absolute Gasteiger partial charge is 0.306 e. The summed E-state index contributed by atoms with van der Waals surface area (Å²) in [5, 5.41) is 8.90. The van der Waals surface area contributed by atoms with Crippen LogP contribution in [0.15, 0.2) is 54.6 Å². The fraction of sp³-hybridized carbons (Fsp3) is 0.278. The maximum absolute atomic E-state index is 10.8. The molecule has 3 nitrogen and oxygen atoms in total. The highest BCUT2D eigenvalue weighted by molar-refractivity contribution is 5.69. The fourth-order valence-electron chi connectivity index (χ4n) is 2.40. The second-order valence-electron chi connectivity index (χ2n) is 5.50. The molecule has 0 amide bonds. The SMILES string of the molecule is C[C@H](C[C@H](N)Cc1ccc(-c2ccccc2)cc1)C(=O)O. The van der Waals surface area contributed by atoms with E-state index in [2.05, 4.69) is 36.4 Å². The van der Waals surface area contributed by atoms with Gasteiger partial charge in [0, 0.05) is 6.04 Å². The molecule has 3 N–H and O–H groups in total. The Morgan fingerprint density at radius 2 is 1.62 bits per heavy atom. The number of hydrogen-bond donors (Lipinski definition) is 2. The van der Waals surface area contributed by atoms with Gasteiger partial charge in [-0.15, -0.1) is 0 Å². The third-order valence-corrected chi connectivity index (χ3v) is 3.64. The molecular formula is C18H21NO2. The molecule has 0 saturated carbocycles. The lowest BCUT2D eigenvalue weighted by Gasteiger charge is -2.14. The van der Waals surface area contributed by atoms with Crippen LogP contribution in [0.3, 0.4) is 0 Å². The highest BCUT2D eigenvalue weighted by Crippen LogP contribution is 2.20. The van der Waals surface area contributed by atoms with Crippen molar-refractivity contribution in [2.75, 3.05) is 0 Å². The van der Waals surface area contributed by atoms with Gasteiger partial charge in [-0.1, -0.05) is 61.5 Å². The summed E-state index contributed by atoms with van der Waals surface area (Å²) in [6.45, 7) is 1.70. The molecule has 0 heterocycles. The Hall–Kier alpha value is -2.13. The van der Waals surface area contributed by atoms with Gasteiger partial charge < -0.3 is 10.8 Å². The molecule has 3 heteroatoms. The lowest BCUT2D eigenvalue weighted by Crippen LogP contribution is -2.28. The van der Waals surface area contributed by atoms with Crippen LogP contribution >= 0.6 is 0 Å². The number of carboxylic acid groups (broad SMARTS) is 1. The topological polar surface area (TPSA) is 63.3 Å². The molecule has 0 unspecified atom stereocenters. The molecule has 2 aromatic rings. The van der Waals surface area contributed by atoms with E-state index in [9.17, 15) is 4.79 Å². The second kappa shape index (κ2) is 7.04. The van der Waals surface area contributed by atoms with Crippen molar-refractivity contribution in [3.05, 3.63) is 60.2 Å². The fourth-order valence-corrected chi connectivity index (χ4v) is 2.40. The second-order valence-corrected chi connectivity index (χ2v) is 5.50. The summed E-state index contributed by atoms with van der Waals surface area (Å²) < 4.78 is 0. The molecule has 110 valence electrons. The Bertz CT molecular complexity index is 578. The van der Waals surface area contributed by atoms with E-state index in [1.807, 2.05) is 18.2 Å². The van der Waals surface area contributed by atoms with Gasteiger partial charge in [-0.05, 0) is 29.5 Å². The van der Waals surface area contributed by atoms with Gasteiger partial charge in [0.15, 0.2) is 0 Å². The van der Waals surface area contributed by atoms with E-state index in [-0.39, 0.29) is 6.04 Å². The number of carboxylic acids is 1. The highest BCUT2D eigenvalue weighted by atomic mass is 16.4. The number of hydrogen-bond acceptors (Lipinski definition) is 2. The monoisotopic (exact) mass is 283 g/mol. The van der Waals surface area contributed by atoms with Gasteiger partial charge in [-0.3, -0.25) is 4.79 Å². The van der Waals surface area contributed by atoms with Gasteiger partial charge in [0.05, 0.1) is 5.92 Å². The van der Waals surface area contributed by atoms with E-state index in [0.29, 0.717) is 12.8 Å². The summed E-state index contributed by atoms with van der Waals surface area (Å²) in [5.41, 5.74) is 9.53. The van der Waals surface area contributed by atoms with Gasteiger partial charge in [0.2, 0.25) is 0 Å². The Morgan fingerprint density at radius 3 is 2.19 bits per heavy atom. The van der Waals surface area contributed by atoms with Gasteiger partial charge in [-0.2, -0.15) is 0 Å². The van der Waals surface area contributed by atoms with Gasteiger partial charge in [0.25, 0.3) is 0 Å². The summed E-state index contributed by atoms with van der Waals surface area (Å²) in [5.74, 6) is -1.19. The number of rotatable bonds is 6. The van der Waals surface area contributed by atoms with Crippen molar-refractivity contribution in [1.82, 2.24) is 0 Å². The van der Waals surface area contributed by atoms with E-state index in [1.54, 1.807) is 6.92 Å². The maximum Gasteiger partial charge on any atom is 0.306 e. The lowest BCUT2D eigenvalue weighted by atomic mass is 9.96. The van der Waals surface area contributed by atoms with Gasteiger partial charge in [-0.25, -0.2) is 0 Å². The van der Waals surface area contributed by atoms with E-state index in [1.165, 1.54) is 11.1 Å². The Morgan fingerprint density at radius 1 is 1.05 bits per heavy atom. The third kappa shape index (κ3) is 4.43. The average molecular weight is 283 g/mol. The van der Waals surface area contributed by atoms with E-state index < -0.39 is 11.9 Å². The molecular weight excluding hydrogens is 262 g/mol. The lowest BCUT2D eigenvalue weighted by molar-refractivity contribution is -0.141.